The molecule has 0 radical (unpaired) electrons. The number of anilines is 1. The summed E-state index contributed by atoms with van der Waals surface area (Å²) < 4.78 is 0. The number of rotatable bonds is 6. The van der Waals surface area contributed by atoms with Crippen molar-refractivity contribution in [1.29, 1.82) is 0 Å². The molecule has 2 aromatic rings. The van der Waals surface area contributed by atoms with E-state index in [1.165, 1.54) is 6.08 Å². The van der Waals surface area contributed by atoms with Gasteiger partial charge in [0.2, 0.25) is 5.91 Å². The van der Waals surface area contributed by atoms with Crippen molar-refractivity contribution in [3.8, 4) is 0 Å². The summed E-state index contributed by atoms with van der Waals surface area (Å²) in [5.41, 5.74) is 2.70. The van der Waals surface area contributed by atoms with Gasteiger partial charge in [0.05, 0.1) is 0 Å². The number of aryl methyl sites for hydroxylation is 1. The summed E-state index contributed by atoms with van der Waals surface area (Å²) in [6, 6.07) is 17.2. The molecule has 1 amide bonds. The number of carbonyl (C=O) groups is 2. The van der Waals surface area contributed by atoms with Crippen LogP contribution in [0.3, 0.4) is 0 Å². The Bertz CT molecular complexity index is 675. The van der Waals surface area contributed by atoms with Crippen LogP contribution in [-0.2, 0) is 16.0 Å². The zero-order chi connectivity index (χ0) is 15.8. The van der Waals surface area contributed by atoms with E-state index in [2.05, 4.69) is 5.32 Å². The van der Waals surface area contributed by atoms with Gasteiger partial charge in [-0.1, -0.05) is 48.5 Å². The van der Waals surface area contributed by atoms with Gasteiger partial charge in [0.15, 0.2) is 0 Å². The molecule has 0 aromatic heterocycles. The molecule has 1 N–H and O–H groups in total. The zero-order valence-corrected chi connectivity index (χ0v) is 12.6. The molecule has 0 heterocycles. The Balaban J connectivity index is 2.02. The summed E-state index contributed by atoms with van der Waals surface area (Å²) in [4.78, 5) is 23.1. The highest BCUT2D eigenvalue weighted by Gasteiger charge is 2.05. The number of Topliss-reactive ketones (excluding diaryl/α,β-unsaturated/α-hetero) is 1. The van der Waals surface area contributed by atoms with Crippen molar-refractivity contribution in [1.82, 2.24) is 0 Å². The largest absolute Gasteiger partial charge is 0.322 e. The van der Waals surface area contributed by atoms with Crippen molar-refractivity contribution in [2.75, 3.05) is 5.32 Å². The second-order valence-electron chi connectivity index (χ2n) is 5.09. The Hall–Kier alpha value is -2.68. The third-order valence-electron chi connectivity index (χ3n) is 3.25. The first-order chi connectivity index (χ1) is 10.6. The molecule has 0 fully saturated rings. The molecular formula is C19H19NO2. The predicted molar refractivity (Wildman–Crippen MR) is 89.5 cm³/mol. The number of hydrogen-bond donors (Lipinski definition) is 1. The van der Waals surface area contributed by atoms with Crippen molar-refractivity contribution in [3.05, 3.63) is 71.8 Å². The summed E-state index contributed by atoms with van der Waals surface area (Å²) >= 11 is 0. The van der Waals surface area contributed by atoms with Crippen LogP contribution in [0.1, 0.15) is 24.5 Å². The summed E-state index contributed by atoms with van der Waals surface area (Å²) in [5.74, 6) is -0.0377. The van der Waals surface area contributed by atoms with Gasteiger partial charge in [-0.3, -0.25) is 4.79 Å². The molecule has 0 spiro atoms. The Morgan fingerprint density at radius 3 is 2.41 bits per heavy atom. The number of carbonyl (C=O) groups excluding carboxylic acids is 2. The van der Waals surface area contributed by atoms with E-state index in [9.17, 15) is 9.59 Å². The standard InChI is InChI=1S/C19H19NO2/c1-15(21)11-13-17-9-5-6-10-18(17)20-19(22)14-12-16-7-3-2-4-8-16/h2-10,12,14H,11,13H2,1H3,(H,20,22)/b14-12+. The molecule has 0 saturated carbocycles. The van der Waals surface area contributed by atoms with E-state index < -0.39 is 0 Å². The summed E-state index contributed by atoms with van der Waals surface area (Å²) in [6.07, 6.45) is 4.39. The van der Waals surface area contributed by atoms with Crippen molar-refractivity contribution >= 4 is 23.5 Å². The summed E-state index contributed by atoms with van der Waals surface area (Å²) in [5, 5.41) is 2.87. The fourth-order valence-electron chi connectivity index (χ4n) is 2.08. The number of hydrogen-bond acceptors (Lipinski definition) is 2. The normalized spacial score (nSPS) is 10.6. The van der Waals surface area contributed by atoms with E-state index in [1.54, 1.807) is 13.0 Å². The Morgan fingerprint density at radius 2 is 1.68 bits per heavy atom. The van der Waals surface area contributed by atoms with Crippen LogP contribution in [0.2, 0.25) is 0 Å². The van der Waals surface area contributed by atoms with Gasteiger partial charge in [-0.2, -0.15) is 0 Å². The van der Waals surface area contributed by atoms with Crippen LogP contribution in [0.5, 0.6) is 0 Å². The van der Waals surface area contributed by atoms with Crippen molar-refractivity contribution in [2.24, 2.45) is 0 Å². The van der Waals surface area contributed by atoms with E-state index in [1.807, 2.05) is 54.6 Å². The van der Waals surface area contributed by atoms with Crippen molar-refractivity contribution < 1.29 is 9.59 Å². The van der Waals surface area contributed by atoms with Crippen LogP contribution >= 0.6 is 0 Å². The van der Waals surface area contributed by atoms with Gasteiger partial charge in [-0.25, -0.2) is 0 Å². The van der Waals surface area contributed by atoms with Gasteiger partial charge >= 0.3 is 0 Å². The molecular weight excluding hydrogens is 274 g/mol. The third kappa shape index (κ3) is 5.02. The molecule has 0 atom stereocenters. The Kier molecular flexibility index (Phi) is 5.66. The molecule has 0 aliphatic carbocycles. The van der Waals surface area contributed by atoms with Crippen LogP contribution in [0, 0.1) is 0 Å². The number of benzene rings is 2. The fraction of sp³-hybridized carbons (Fsp3) is 0.158. The van der Waals surface area contributed by atoms with Crippen molar-refractivity contribution in [3.63, 3.8) is 0 Å². The molecule has 0 unspecified atom stereocenters. The third-order valence-corrected chi connectivity index (χ3v) is 3.25. The lowest BCUT2D eigenvalue weighted by atomic mass is 10.1. The lowest BCUT2D eigenvalue weighted by Crippen LogP contribution is -2.10. The van der Waals surface area contributed by atoms with Gasteiger partial charge in [-0.15, -0.1) is 0 Å². The molecule has 3 heteroatoms. The Labute approximate surface area is 130 Å². The molecule has 112 valence electrons. The SMILES string of the molecule is CC(=O)CCc1ccccc1NC(=O)/C=C/c1ccccc1. The van der Waals surface area contributed by atoms with E-state index >= 15 is 0 Å². The highest BCUT2D eigenvalue weighted by Crippen LogP contribution is 2.17. The second-order valence-corrected chi connectivity index (χ2v) is 5.09. The lowest BCUT2D eigenvalue weighted by molar-refractivity contribution is -0.117. The highest BCUT2D eigenvalue weighted by molar-refractivity contribution is 6.02. The number of amides is 1. The monoisotopic (exact) mass is 293 g/mol. The van der Waals surface area contributed by atoms with Crippen LogP contribution in [0.15, 0.2) is 60.7 Å². The fourth-order valence-corrected chi connectivity index (χ4v) is 2.08. The molecule has 3 nitrogen and oxygen atoms in total. The predicted octanol–water partition coefficient (Wildman–Crippen LogP) is 3.86. The first kappa shape index (κ1) is 15.7. The second kappa shape index (κ2) is 7.93. The van der Waals surface area contributed by atoms with Crippen LogP contribution in [-0.4, -0.2) is 11.7 Å². The minimum absolute atomic E-state index is 0.144. The Morgan fingerprint density at radius 1 is 1.00 bits per heavy atom. The molecule has 0 saturated heterocycles. The number of para-hydroxylation sites is 1. The van der Waals surface area contributed by atoms with Gasteiger partial charge in [0.1, 0.15) is 5.78 Å². The minimum atomic E-state index is -0.181. The lowest BCUT2D eigenvalue weighted by Gasteiger charge is -2.09. The van der Waals surface area contributed by atoms with E-state index in [0.29, 0.717) is 12.8 Å². The summed E-state index contributed by atoms with van der Waals surface area (Å²) in [6.45, 7) is 1.57. The average Bonchev–Trinajstić information content (AvgIpc) is 2.53. The first-order valence-electron chi connectivity index (χ1n) is 7.26. The highest BCUT2D eigenvalue weighted by atomic mass is 16.1. The number of ketones is 1. The minimum Gasteiger partial charge on any atom is -0.322 e. The van der Waals surface area contributed by atoms with Gasteiger partial charge < -0.3 is 10.1 Å². The first-order valence-corrected chi connectivity index (χ1v) is 7.26. The molecule has 2 rings (SSSR count). The number of nitrogens with one attached hydrogen (secondary N) is 1. The van der Waals surface area contributed by atoms with Crippen LogP contribution < -0.4 is 5.32 Å². The van der Waals surface area contributed by atoms with Gasteiger partial charge in [0, 0.05) is 18.2 Å². The zero-order valence-electron chi connectivity index (χ0n) is 12.6. The molecule has 22 heavy (non-hydrogen) atoms. The van der Waals surface area contributed by atoms with Crippen molar-refractivity contribution in [2.45, 2.75) is 19.8 Å². The smallest absolute Gasteiger partial charge is 0.248 e. The van der Waals surface area contributed by atoms with Crippen LogP contribution in [0.4, 0.5) is 5.69 Å². The van der Waals surface area contributed by atoms with Gasteiger partial charge in [0.25, 0.3) is 0 Å². The maximum atomic E-state index is 12.0. The quantitative estimate of drug-likeness (QED) is 0.822. The molecule has 0 aliphatic rings. The molecule has 0 aliphatic heterocycles. The molecule has 0 bridgehead atoms. The van der Waals surface area contributed by atoms with Gasteiger partial charge in [-0.05, 0) is 36.6 Å². The summed E-state index contributed by atoms with van der Waals surface area (Å²) in [7, 11) is 0. The van der Waals surface area contributed by atoms with E-state index in [0.717, 1.165) is 16.8 Å². The average molecular weight is 293 g/mol. The van der Waals surface area contributed by atoms with E-state index in [-0.39, 0.29) is 11.7 Å². The topological polar surface area (TPSA) is 46.2 Å². The maximum absolute atomic E-state index is 12.0. The van der Waals surface area contributed by atoms with E-state index in [4.69, 9.17) is 0 Å². The molecule has 2 aromatic carbocycles. The van der Waals surface area contributed by atoms with Crippen LogP contribution in [0.25, 0.3) is 6.08 Å². The maximum Gasteiger partial charge on any atom is 0.248 e.